The molecule has 0 aromatic heterocycles. The van der Waals surface area contributed by atoms with Gasteiger partial charge in [0, 0.05) is 43.3 Å². The number of anilines is 1. The molecule has 3 atom stereocenters. The Morgan fingerprint density at radius 2 is 2.12 bits per heavy atom. The van der Waals surface area contributed by atoms with E-state index >= 15 is 0 Å². The lowest BCUT2D eigenvalue weighted by Crippen LogP contribution is -2.51. The van der Waals surface area contributed by atoms with Gasteiger partial charge in [-0.3, -0.25) is 14.5 Å². The number of hydrogen-bond acceptors (Lipinski definition) is 4. The Bertz CT molecular complexity index is 815. The molecular formula is C20H25N3O3. The molecule has 3 aliphatic rings. The Labute approximate surface area is 153 Å². The summed E-state index contributed by atoms with van der Waals surface area (Å²) in [5.41, 5.74) is 1.77. The molecule has 0 spiro atoms. The standard InChI is InChI=1S/C20H25N3O3/c1-4-23(5-2)18(24)12-9-14-13-7-6-8-15-17(13)20(26,19(25)21-15)10-16(14)22(3)11-12/h6-9,12,16,26H,4-5,10-11H2,1-3H3,(H,21,25)/t12-,16-,20+/m1/s1. The first-order chi connectivity index (χ1) is 12.4. The quantitative estimate of drug-likeness (QED) is 0.860. The molecule has 0 fully saturated rings. The first kappa shape index (κ1) is 17.2. The zero-order valence-corrected chi connectivity index (χ0v) is 15.5. The maximum absolute atomic E-state index is 12.9. The molecule has 0 saturated carbocycles. The Kier molecular flexibility index (Phi) is 3.93. The lowest BCUT2D eigenvalue weighted by atomic mass is 9.72. The highest BCUT2D eigenvalue weighted by Gasteiger charge is 2.53. The predicted octanol–water partition coefficient (Wildman–Crippen LogP) is 1.41. The SMILES string of the molecule is CCN(CC)C(=O)[C@@H]1C=C2c3cccc4c3[C@@](O)(C[C@H]2N(C)C1)C(=O)N4. The molecule has 1 aliphatic carbocycles. The highest BCUT2D eigenvalue weighted by atomic mass is 16.3. The molecule has 0 saturated heterocycles. The largest absolute Gasteiger partial charge is 0.375 e. The number of fused-ring (bicyclic) bond motifs is 2. The number of nitrogens with zero attached hydrogens (tertiary/aromatic N) is 2. The Morgan fingerprint density at radius 3 is 2.81 bits per heavy atom. The lowest BCUT2D eigenvalue weighted by Gasteiger charge is -2.44. The van der Waals surface area contributed by atoms with Crippen molar-refractivity contribution in [1.82, 2.24) is 9.80 Å². The van der Waals surface area contributed by atoms with Crippen LogP contribution < -0.4 is 5.32 Å². The Hall–Kier alpha value is -2.18. The summed E-state index contributed by atoms with van der Waals surface area (Å²) in [5, 5.41) is 13.9. The second-order valence-corrected chi connectivity index (χ2v) is 7.44. The third kappa shape index (κ3) is 2.25. The lowest BCUT2D eigenvalue weighted by molar-refractivity contribution is -0.137. The van der Waals surface area contributed by atoms with E-state index in [0.717, 1.165) is 11.1 Å². The van der Waals surface area contributed by atoms with Crippen LogP contribution in [0.3, 0.4) is 0 Å². The summed E-state index contributed by atoms with van der Waals surface area (Å²) in [6.07, 6.45) is 2.38. The van der Waals surface area contributed by atoms with Crippen LogP contribution in [0.15, 0.2) is 24.3 Å². The van der Waals surface area contributed by atoms with Crippen molar-refractivity contribution in [3.63, 3.8) is 0 Å². The highest BCUT2D eigenvalue weighted by Crippen LogP contribution is 2.51. The molecule has 2 amide bonds. The van der Waals surface area contributed by atoms with Crippen LogP contribution in [0, 0.1) is 5.92 Å². The maximum Gasteiger partial charge on any atom is 0.261 e. The molecule has 1 aromatic rings. The molecule has 2 N–H and O–H groups in total. The number of amides is 2. The second-order valence-electron chi connectivity index (χ2n) is 7.44. The van der Waals surface area contributed by atoms with Crippen molar-refractivity contribution in [3.05, 3.63) is 35.4 Å². The van der Waals surface area contributed by atoms with Gasteiger partial charge in [-0.1, -0.05) is 18.2 Å². The van der Waals surface area contributed by atoms with Crippen molar-refractivity contribution in [2.24, 2.45) is 5.92 Å². The minimum atomic E-state index is -1.49. The Balaban J connectivity index is 1.82. The van der Waals surface area contributed by atoms with Gasteiger partial charge in [-0.15, -0.1) is 0 Å². The summed E-state index contributed by atoms with van der Waals surface area (Å²) in [5.74, 6) is -0.428. The summed E-state index contributed by atoms with van der Waals surface area (Å²) >= 11 is 0. The summed E-state index contributed by atoms with van der Waals surface area (Å²) < 4.78 is 0. The number of benzene rings is 1. The smallest absolute Gasteiger partial charge is 0.261 e. The van der Waals surface area contributed by atoms with E-state index in [1.165, 1.54) is 0 Å². The van der Waals surface area contributed by atoms with Gasteiger partial charge in [-0.25, -0.2) is 0 Å². The van der Waals surface area contributed by atoms with Crippen LogP contribution in [-0.4, -0.2) is 59.4 Å². The summed E-state index contributed by atoms with van der Waals surface area (Å²) in [7, 11) is 1.96. The van der Waals surface area contributed by atoms with Crippen LogP contribution in [0.4, 0.5) is 5.69 Å². The number of aliphatic hydroxyl groups is 1. The van der Waals surface area contributed by atoms with Crippen LogP contribution in [0.2, 0.25) is 0 Å². The molecule has 26 heavy (non-hydrogen) atoms. The molecule has 4 rings (SSSR count). The van der Waals surface area contributed by atoms with E-state index in [-0.39, 0.29) is 23.8 Å². The number of carbonyl (C=O) groups is 2. The molecule has 2 heterocycles. The molecule has 1 aromatic carbocycles. The molecule has 0 bridgehead atoms. The normalized spacial score (nSPS) is 29.5. The minimum absolute atomic E-state index is 0.0765. The molecule has 138 valence electrons. The van der Waals surface area contributed by atoms with E-state index in [1.54, 1.807) is 0 Å². The van der Waals surface area contributed by atoms with Gasteiger partial charge in [-0.2, -0.15) is 0 Å². The van der Waals surface area contributed by atoms with E-state index < -0.39 is 5.60 Å². The summed E-state index contributed by atoms with van der Waals surface area (Å²) in [6, 6.07) is 5.58. The fraction of sp³-hybridized carbons (Fsp3) is 0.500. The van der Waals surface area contributed by atoms with E-state index in [1.807, 2.05) is 44.0 Å². The minimum Gasteiger partial charge on any atom is -0.375 e. The van der Waals surface area contributed by atoms with Gasteiger partial charge in [0.2, 0.25) is 5.91 Å². The van der Waals surface area contributed by atoms with Gasteiger partial charge >= 0.3 is 0 Å². The maximum atomic E-state index is 12.9. The van der Waals surface area contributed by atoms with Crippen molar-refractivity contribution in [3.8, 4) is 0 Å². The summed E-state index contributed by atoms with van der Waals surface area (Å²) in [6.45, 7) is 5.97. The first-order valence-electron chi connectivity index (χ1n) is 9.29. The van der Waals surface area contributed by atoms with Gasteiger partial charge in [0.15, 0.2) is 5.60 Å². The molecule has 2 aliphatic heterocycles. The van der Waals surface area contributed by atoms with Gasteiger partial charge in [0.1, 0.15) is 0 Å². The molecule has 0 unspecified atom stereocenters. The average molecular weight is 355 g/mol. The number of hydrogen-bond donors (Lipinski definition) is 2. The second kappa shape index (κ2) is 5.93. The molecular weight excluding hydrogens is 330 g/mol. The monoisotopic (exact) mass is 355 g/mol. The van der Waals surface area contributed by atoms with Crippen LogP contribution in [0.25, 0.3) is 5.57 Å². The van der Waals surface area contributed by atoms with Crippen molar-refractivity contribution < 1.29 is 14.7 Å². The highest BCUT2D eigenvalue weighted by molar-refractivity contribution is 6.08. The van der Waals surface area contributed by atoms with Gasteiger partial charge in [0.25, 0.3) is 5.91 Å². The van der Waals surface area contributed by atoms with E-state index in [9.17, 15) is 14.7 Å². The van der Waals surface area contributed by atoms with Crippen LogP contribution >= 0.6 is 0 Å². The van der Waals surface area contributed by atoms with E-state index in [4.69, 9.17) is 0 Å². The van der Waals surface area contributed by atoms with Gasteiger partial charge in [0.05, 0.1) is 5.92 Å². The van der Waals surface area contributed by atoms with Crippen LogP contribution in [0.1, 0.15) is 31.4 Å². The number of nitrogens with one attached hydrogen (secondary N) is 1. The van der Waals surface area contributed by atoms with E-state index in [0.29, 0.717) is 37.3 Å². The number of carbonyl (C=O) groups excluding carboxylic acids is 2. The number of rotatable bonds is 3. The third-order valence-electron chi connectivity index (χ3n) is 6.05. The fourth-order valence-corrected chi connectivity index (χ4v) is 4.67. The van der Waals surface area contributed by atoms with E-state index in [2.05, 4.69) is 16.3 Å². The van der Waals surface area contributed by atoms with Crippen LogP contribution in [0.5, 0.6) is 0 Å². The van der Waals surface area contributed by atoms with Crippen molar-refractivity contribution in [2.75, 3.05) is 32.0 Å². The van der Waals surface area contributed by atoms with Crippen molar-refractivity contribution >= 4 is 23.1 Å². The zero-order chi connectivity index (χ0) is 18.6. The third-order valence-corrected chi connectivity index (χ3v) is 6.05. The summed E-state index contributed by atoms with van der Waals surface area (Å²) in [4.78, 5) is 29.3. The Morgan fingerprint density at radius 1 is 1.38 bits per heavy atom. The molecule has 6 nitrogen and oxygen atoms in total. The first-order valence-corrected chi connectivity index (χ1v) is 9.29. The van der Waals surface area contributed by atoms with Crippen molar-refractivity contribution in [1.29, 1.82) is 0 Å². The number of likely N-dealkylation sites (N-methyl/N-ethyl adjacent to an activating group) is 1. The van der Waals surface area contributed by atoms with Crippen molar-refractivity contribution in [2.45, 2.75) is 31.9 Å². The molecule has 0 radical (unpaired) electrons. The molecule has 6 heteroatoms. The van der Waals surface area contributed by atoms with Gasteiger partial charge in [-0.05, 0) is 38.1 Å². The zero-order valence-electron chi connectivity index (χ0n) is 15.5. The predicted molar refractivity (Wildman–Crippen MR) is 99.4 cm³/mol. The average Bonchev–Trinajstić information content (AvgIpc) is 2.88. The fourth-order valence-electron chi connectivity index (χ4n) is 4.67. The van der Waals surface area contributed by atoms with Crippen LogP contribution in [-0.2, 0) is 15.2 Å². The van der Waals surface area contributed by atoms with Gasteiger partial charge < -0.3 is 15.3 Å². The topological polar surface area (TPSA) is 72.9 Å².